The molecule has 1 saturated carbocycles. The summed E-state index contributed by atoms with van der Waals surface area (Å²) in [6, 6.07) is 5.49. The number of fused-ring (bicyclic) bond motifs is 1. The van der Waals surface area contributed by atoms with Gasteiger partial charge < -0.3 is 9.47 Å². The quantitative estimate of drug-likeness (QED) is 0.609. The zero-order chi connectivity index (χ0) is 20.6. The topological polar surface area (TPSA) is 103 Å². The van der Waals surface area contributed by atoms with Crippen LogP contribution >= 0.6 is 11.6 Å². The third-order valence-electron chi connectivity index (χ3n) is 4.74. The SMILES string of the molecule is COc1ncc(-c2ccc3c(Cl)c(S(=O)(=O)NCC4CC4)cnc3c2)c(OC)n1. The van der Waals surface area contributed by atoms with E-state index in [1.165, 1.54) is 20.4 Å². The number of sulfonamides is 1. The van der Waals surface area contributed by atoms with Gasteiger partial charge in [0, 0.05) is 24.3 Å². The number of methoxy groups -OCH3 is 2. The summed E-state index contributed by atoms with van der Waals surface area (Å²) in [5, 5.41) is 0.681. The summed E-state index contributed by atoms with van der Waals surface area (Å²) in [6.45, 7) is 0.424. The number of pyridine rings is 1. The van der Waals surface area contributed by atoms with Crippen LogP contribution in [0.15, 0.2) is 35.5 Å². The van der Waals surface area contributed by atoms with Crippen LogP contribution in [0.1, 0.15) is 12.8 Å². The Morgan fingerprint density at radius 3 is 2.66 bits per heavy atom. The third kappa shape index (κ3) is 3.98. The largest absolute Gasteiger partial charge is 0.480 e. The van der Waals surface area contributed by atoms with Crippen LogP contribution in [0.4, 0.5) is 0 Å². The number of nitrogens with zero attached hydrogens (tertiary/aromatic N) is 3. The lowest BCUT2D eigenvalue weighted by atomic mass is 10.1. The average molecular weight is 435 g/mol. The van der Waals surface area contributed by atoms with Gasteiger partial charge in [0.15, 0.2) is 0 Å². The molecular weight excluding hydrogens is 416 g/mol. The molecule has 3 aromatic rings. The molecule has 8 nitrogen and oxygen atoms in total. The fourth-order valence-corrected chi connectivity index (χ4v) is 4.59. The second-order valence-electron chi connectivity index (χ2n) is 6.74. The zero-order valence-corrected chi connectivity index (χ0v) is 17.4. The number of rotatable bonds is 7. The van der Waals surface area contributed by atoms with E-state index in [-0.39, 0.29) is 15.9 Å². The molecule has 1 N–H and O–H groups in total. The Hall–Kier alpha value is -2.49. The zero-order valence-electron chi connectivity index (χ0n) is 15.8. The molecule has 2 aromatic heterocycles. The lowest BCUT2D eigenvalue weighted by Gasteiger charge is -2.11. The van der Waals surface area contributed by atoms with Crippen LogP contribution in [0.2, 0.25) is 5.02 Å². The van der Waals surface area contributed by atoms with Crippen molar-refractivity contribution in [2.45, 2.75) is 17.7 Å². The van der Waals surface area contributed by atoms with E-state index in [9.17, 15) is 8.42 Å². The summed E-state index contributed by atoms with van der Waals surface area (Å²) < 4.78 is 38.1. The smallest absolute Gasteiger partial charge is 0.319 e. The van der Waals surface area contributed by atoms with Gasteiger partial charge in [-0.05, 0) is 30.4 Å². The standard InChI is InChI=1S/C19H19ClN4O4S/c1-27-18-14(9-22-19(24-18)28-2)12-5-6-13-15(7-12)21-10-16(17(13)20)29(25,26)23-8-11-3-4-11/h5-7,9-11,23H,3-4,8H2,1-2H3. The Morgan fingerprint density at radius 2 is 1.97 bits per heavy atom. The number of hydrogen-bond acceptors (Lipinski definition) is 7. The highest BCUT2D eigenvalue weighted by atomic mass is 35.5. The fourth-order valence-electron chi connectivity index (χ4n) is 2.93. The molecule has 0 bridgehead atoms. The monoisotopic (exact) mass is 434 g/mol. The Balaban J connectivity index is 1.73. The van der Waals surface area contributed by atoms with Gasteiger partial charge in [-0.15, -0.1) is 0 Å². The predicted octanol–water partition coefficient (Wildman–Crippen LogP) is 3.05. The van der Waals surface area contributed by atoms with E-state index in [1.54, 1.807) is 24.4 Å². The molecule has 0 saturated heterocycles. The molecule has 1 aliphatic carbocycles. The maximum Gasteiger partial charge on any atom is 0.319 e. The van der Waals surface area contributed by atoms with Crippen LogP contribution in [0.3, 0.4) is 0 Å². The van der Waals surface area contributed by atoms with Gasteiger partial charge in [-0.2, -0.15) is 4.98 Å². The van der Waals surface area contributed by atoms with Crippen molar-refractivity contribution >= 4 is 32.5 Å². The molecule has 0 radical (unpaired) electrons. The summed E-state index contributed by atoms with van der Waals surface area (Å²) in [5.41, 5.74) is 1.95. The van der Waals surface area contributed by atoms with E-state index in [1.807, 2.05) is 0 Å². The minimum absolute atomic E-state index is 0.0228. The minimum atomic E-state index is -3.72. The number of halogens is 1. The summed E-state index contributed by atoms with van der Waals surface area (Å²) in [5.74, 6) is 0.770. The van der Waals surface area contributed by atoms with Crippen molar-refractivity contribution in [3.8, 4) is 23.0 Å². The first-order chi connectivity index (χ1) is 13.9. The Kier molecular flexibility index (Phi) is 5.28. The van der Waals surface area contributed by atoms with Crippen molar-refractivity contribution in [1.29, 1.82) is 0 Å². The van der Waals surface area contributed by atoms with E-state index >= 15 is 0 Å². The van der Waals surface area contributed by atoms with Crippen LogP contribution in [-0.2, 0) is 10.0 Å². The number of nitrogens with one attached hydrogen (secondary N) is 1. The highest BCUT2D eigenvalue weighted by molar-refractivity contribution is 7.89. The van der Waals surface area contributed by atoms with Crippen LogP contribution < -0.4 is 14.2 Å². The van der Waals surface area contributed by atoms with E-state index < -0.39 is 10.0 Å². The molecule has 4 rings (SSSR count). The lowest BCUT2D eigenvalue weighted by Crippen LogP contribution is -2.26. The second kappa shape index (κ2) is 7.74. The molecule has 0 amide bonds. The van der Waals surface area contributed by atoms with Gasteiger partial charge in [-0.3, -0.25) is 4.98 Å². The van der Waals surface area contributed by atoms with Crippen molar-refractivity contribution in [2.24, 2.45) is 5.92 Å². The Labute approximate surface area is 173 Å². The van der Waals surface area contributed by atoms with Crippen molar-refractivity contribution in [2.75, 3.05) is 20.8 Å². The van der Waals surface area contributed by atoms with Gasteiger partial charge in [0.1, 0.15) is 4.90 Å². The molecule has 2 heterocycles. The Bertz CT molecular complexity index is 1180. The molecule has 0 atom stereocenters. The molecule has 0 aliphatic heterocycles. The number of hydrogen-bond donors (Lipinski definition) is 1. The highest BCUT2D eigenvalue weighted by Gasteiger charge is 2.26. The fraction of sp³-hybridized carbons (Fsp3) is 0.316. The predicted molar refractivity (Wildman–Crippen MR) is 109 cm³/mol. The summed E-state index contributed by atoms with van der Waals surface area (Å²) in [4.78, 5) is 12.6. The molecule has 152 valence electrons. The van der Waals surface area contributed by atoms with Gasteiger partial charge in [0.2, 0.25) is 15.9 Å². The summed E-state index contributed by atoms with van der Waals surface area (Å²) in [7, 11) is -0.736. The number of ether oxygens (including phenoxy) is 2. The molecular formula is C19H19ClN4O4S. The van der Waals surface area contributed by atoms with Crippen molar-refractivity contribution < 1.29 is 17.9 Å². The van der Waals surface area contributed by atoms with E-state index in [2.05, 4.69) is 19.7 Å². The van der Waals surface area contributed by atoms with Gasteiger partial charge in [-0.1, -0.05) is 23.7 Å². The van der Waals surface area contributed by atoms with Gasteiger partial charge >= 0.3 is 6.01 Å². The van der Waals surface area contributed by atoms with Gasteiger partial charge in [0.25, 0.3) is 0 Å². The van der Waals surface area contributed by atoms with Crippen LogP contribution in [0.25, 0.3) is 22.0 Å². The molecule has 1 aliphatic rings. The van der Waals surface area contributed by atoms with E-state index in [0.29, 0.717) is 34.8 Å². The number of aromatic nitrogens is 3. The molecule has 0 spiro atoms. The molecule has 0 unspecified atom stereocenters. The molecule has 1 aromatic carbocycles. The van der Waals surface area contributed by atoms with E-state index in [0.717, 1.165) is 18.4 Å². The van der Waals surface area contributed by atoms with Gasteiger partial charge in [0.05, 0.1) is 30.3 Å². The molecule has 29 heavy (non-hydrogen) atoms. The lowest BCUT2D eigenvalue weighted by molar-refractivity contribution is 0.353. The minimum Gasteiger partial charge on any atom is -0.480 e. The van der Waals surface area contributed by atoms with Crippen molar-refractivity contribution in [3.63, 3.8) is 0 Å². The van der Waals surface area contributed by atoms with Crippen LogP contribution in [-0.4, -0.2) is 44.1 Å². The maximum atomic E-state index is 12.6. The first-order valence-electron chi connectivity index (χ1n) is 8.96. The third-order valence-corrected chi connectivity index (χ3v) is 6.69. The molecule has 1 fully saturated rings. The number of benzene rings is 1. The summed E-state index contributed by atoms with van der Waals surface area (Å²) >= 11 is 6.43. The normalized spacial score (nSPS) is 14.2. The van der Waals surface area contributed by atoms with Crippen molar-refractivity contribution in [3.05, 3.63) is 35.6 Å². The van der Waals surface area contributed by atoms with Crippen LogP contribution in [0, 0.1) is 5.92 Å². The first-order valence-corrected chi connectivity index (χ1v) is 10.8. The Morgan fingerprint density at radius 1 is 1.17 bits per heavy atom. The highest BCUT2D eigenvalue weighted by Crippen LogP contribution is 2.35. The average Bonchev–Trinajstić information content (AvgIpc) is 3.56. The van der Waals surface area contributed by atoms with Gasteiger partial charge in [-0.25, -0.2) is 18.1 Å². The first kappa shape index (κ1) is 19.8. The summed E-state index contributed by atoms with van der Waals surface area (Å²) in [6.07, 6.45) is 4.97. The van der Waals surface area contributed by atoms with Crippen molar-refractivity contribution in [1.82, 2.24) is 19.7 Å². The second-order valence-corrected chi connectivity index (χ2v) is 8.86. The maximum absolute atomic E-state index is 12.6. The van der Waals surface area contributed by atoms with Crippen LogP contribution in [0.5, 0.6) is 11.9 Å². The van der Waals surface area contributed by atoms with E-state index in [4.69, 9.17) is 21.1 Å². The molecule has 10 heteroatoms.